The maximum absolute atomic E-state index is 12.9. The van der Waals surface area contributed by atoms with Crippen LogP contribution in [0.15, 0.2) is 34.0 Å². The molecule has 1 aromatic carbocycles. The van der Waals surface area contributed by atoms with Crippen molar-refractivity contribution in [2.75, 3.05) is 19.4 Å². The van der Waals surface area contributed by atoms with E-state index in [1.54, 1.807) is 32.9 Å². The monoisotopic (exact) mass is 585 g/mol. The second kappa shape index (κ2) is 8.65. The van der Waals surface area contributed by atoms with Gasteiger partial charge in [-0.05, 0) is 40.3 Å². The van der Waals surface area contributed by atoms with E-state index in [9.17, 15) is 22.8 Å². The number of amides is 1. The summed E-state index contributed by atoms with van der Waals surface area (Å²) in [6, 6.07) is 6.02. The number of rotatable bonds is 4. The molecule has 0 aliphatic carbocycles. The average Bonchev–Trinajstić information content (AvgIpc) is 3.00. The first-order valence-corrected chi connectivity index (χ1v) is 12.4. The number of nitrogens with zero attached hydrogens (tertiary/aromatic N) is 3. The van der Waals surface area contributed by atoms with Gasteiger partial charge in [-0.3, -0.25) is 29.3 Å². The molecule has 0 bridgehead atoms. The number of anilines is 1. The topological polar surface area (TPSA) is 134 Å². The third-order valence-electron chi connectivity index (χ3n) is 4.90. The Morgan fingerprint density at radius 1 is 1.15 bits per heavy atom. The highest BCUT2D eigenvalue weighted by molar-refractivity contribution is 14.1. The summed E-state index contributed by atoms with van der Waals surface area (Å²) in [5.74, 6) is -0.810. The van der Waals surface area contributed by atoms with Gasteiger partial charge in [-0.1, -0.05) is 32.9 Å². The molecule has 0 aliphatic rings. The Morgan fingerprint density at radius 2 is 1.73 bits per heavy atom. The van der Waals surface area contributed by atoms with E-state index >= 15 is 0 Å². The fourth-order valence-corrected chi connectivity index (χ4v) is 5.00. The molecule has 2 aromatic heterocycles. The van der Waals surface area contributed by atoms with Crippen LogP contribution >= 0.6 is 22.6 Å². The minimum absolute atomic E-state index is 0.0669. The Bertz CT molecular complexity index is 1430. The summed E-state index contributed by atoms with van der Waals surface area (Å²) in [7, 11) is -0.746. The van der Waals surface area contributed by atoms with Gasteiger partial charge in [-0.2, -0.15) is 4.98 Å². The van der Waals surface area contributed by atoms with Crippen molar-refractivity contribution >= 4 is 61.4 Å². The molecule has 0 saturated heterocycles. The van der Waals surface area contributed by atoms with Crippen LogP contribution in [0.3, 0.4) is 0 Å². The lowest BCUT2D eigenvalue weighted by Crippen LogP contribution is -2.29. The van der Waals surface area contributed by atoms with Gasteiger partial charge < -0.3 is 0 Å². The molecule has 0 radical (unpaired) electrons. The van der Waals surface area contributed by atoms with E-state index in [1.165, 1.54) is 37.7 Å². The van der Waals surface area contributed by atoms with E-state index in [0.29, 0.717) is 14.8 Å². The van der Waals surface area contributed by atoms with Gasteiger partial charge in [0.05, 0.1) is 19.5 Å². The van der Waals surface area contributed by atoms with Crippen LogP contribution in [0.4, 0.5) is 5.95 Å². The number of nitrogens with one attached hydrogen (secondary N) is 2. The Balaban J connectivity index is 2.23. The van der Waals surface area contributed by atoms with Crippen LogP contribution in [0.5, 0.6) is 0 Å². The van der Waals surface area contributed by atoms with Gasteiger partial charge >= 0.3 is 0 Å². The molecule has 176 valence electrons. The minimum atomic E-state index is -3.62. The number of hydrogen-bond acceptors (Lipinski definition) is 6. The number of benzene rings is 1. The molecular formula is C21H24IN5O5S. The first-order valence-electron chi connectivity index (χ1n) is 9.86. The standard InChI is InChI=1S/C21H24IN5O5S/c1-11(28)27-16(12-7-9-13(10-8-12)33(31,32)26(5)6)15(22)14-17(27)23-20(24-18(14)29)25-19(30)21(2,3)4/h7-10H,1-6H3,(H2,23,24,25,29,30). The molecule has 0 spiro atoms. The van der Waals surface area contributed by atoms with Crippen LogP contribution in [-0.4, -0.2) is 53.2 Å². The van der Waals surface area contributed by atoms with E-state index in [1.807, 2.05) is 22.6 Å². The van der Waals surface area contributed by atoms with Crippen LogP contribution in [0.2, 0.25) is 0 Å². The Morgan fingerprint density at radius 3 is 2.21 bits per heavy atom. The van der Waals surface area contributed by atoms with Crippen molar-refractivity contribution < 1.29 is 18.0 Å². The fourth-order valence-electron chi connectivity index (χ4n) is 3.06. The van der Waals surface area contributed by atoms with Crippen molar-refractivity contribution in [3.8, 4) is 11.3 Å². The lowest BCUT2D eigenvalue weighted by atomic mass is 9.96. The van der Waals surface area contributed by atoms with Crippen LogP contribution in [0.1, 0.15) is 32.5 Å². The van der Waals surface area contributed by atoms with Crippen molar-refractivity contribution in [1.82, 2.24) is 18.8 Å². The number of hydrogen-bond donors (Lipinski definition) is 2. The Hall–Kier alpha value is -2.58. The maximum atomic E-state index is 12.9. The normalized spacial score (nSPS) is 12.4. The second-order valence-corrected chi connectivity index (χ2v) is 11.9. The van der Waals surface area contributed by atoms with Gasteiger partial charge in [0, 0.05) is 26.4 Å². The molecule has 0 unspecified atom stereocenters. The molecule has 1 amide bonds. The second-order valence-electron chi connectivity index (χ2n) is 8.65. The molecule has 0 aliphatic heterocycles. The zero-order chi connectivity index (χ0) is 24.9. The summed E-state index contributed by atoms with van der Waals surface area (Å²) in [6.45, 7) is 6.50. The van der Waals surface area contributed by atoms with E-state index in [4.69, 9.17) is 0 Å². The first-order chi connectivity index (χ1) is 15.2. The predicted molar refractivity (Wildman–Crippen MR) is 134 cm³/mol. The molecule has 12 heteroatoms. The third-order valence-corrected chi connectivity index (χ3v) is 7.78. The van der Waals surface area contributed by atoms with Crippen molar-refractivity contribution in [2.24, 2.45) is 5.41 Å². The molecule has 2 heterocycles. The number of aromatic nitrogens is 3. The van der Waals surface area contributed by atoms with Crippen molar-refractivity contribution in [1.29, 1.82) is 0 Å². The first kappa shape index (κ1) is 25.1. The van der Waals surface area contributed by atoms with Gasteiger partial charge in [0.25, 0.3) is 5.56 Å². The van der Waals surface area contributed by atoms with Gasteiger partial charge in [-0.25, -0.2) is 12.7 Å². The quantitative estimate of drug-likeness (QED) is 0.453. The van der Waals surface area contributed by atoms with E-state index < -0.39 is 26.9 Å². The summed E-state index contributed by atoms with van der Waals surface area (Å²) in [4.78, 5) is 44.8. The smallest absolute Gasteiger partial charge is 0.262 e. The van der Waals surface area contributed by atoms with Crippen LogP contribution in [0.25, 0.3) is 22.3 Å². The highest BCUT2D eigenvalue weighted by Crippen LogP contribution is 2.33. The Labute approximate surface area is 204 Å². The van der Waals surface area contributed by atoms with Gasteiger partial charge in [0.15, 0.2) is 5.65 Å². The highest BCUT2D eigenvalue weighted by atomic mass is 127. The third kappa shape index (κ3) is 4.59. The molecule has 33 heavy (non-hydrogen) atoms. The number of halogens is 1. The van der Waals surface area contributed by atoms with Gasteiger partial charge in [0.1, 0.15) is 0 Å². The predicted octanol–water partition coefficient (Wildman–Crippen LogP) is 2.89. The van der Waals surface area contributed by atoms with Crippen molar-refractivity contribution in [3.05, 3.63) is 38.2 Å². The largest absolute Gasteiger partial charge is 0.296 e. The average molecular weight is 585 g/mol. The number of H-pyrrole nitrogens is 1. The maximum Gasteiger partial charge on any atom is 0.262 e. The fraction of sp³-hybridized carbons (Fsp3) is 0.333. The number of carbonyl (C=O) groups excluding carboxylic acids is 2. The number of carbonyl (C=O) groups is 2. The van der Waals surface area contributed by atoms with Crippen LogP contribution in [-0.2, 0) is 14.8 Å². The van der Waals surface area contributed by atoms with E-state index in [2.05, 4.69) is 15.3 Å². The molecule has 0 fully saturated rings. The molecule has 10 nitrogen and oxygen atoms in total. The summed E-state index contributed by atoms with van der Waals surface area (Å²) >= 11 is 1.96. The zero-order valence-corrected chi connectivity index (χ0v) is 22.0. The molecular weight excluding hydrogens is 561 g/mol. The lowest BCUT2D eigenvalue weighted by Gasteiger charge is -2.16. The molecule has 0 saturated carbocycles. The Kier molecular flexibility index (Phi) is 6.56. The number of fused-ring (bicyclic) bond motifs is 1. The lowest BCUT2D eigenvalue weighted by molar-refractivity contribution is -0.123. The van der Waals surface area contributed by atoms with Crippen LogP contribution < -0.4 is 10.9 Å². The summed E-state index contributed by atoms with van der Waals surface area (Å²) in [6.07, 6.45) is 0. The molecule has 3 aromatic rings. The summed E-state index contributed by atoms with van der Waals surface area (Å²) < 4.78 is 27.6. The zero-order valence-electron chi connectivity index (χ0n) is 19.0. The minimum Gasteiger partial charge on any atom is -0.296 e. The van der Waals surface area contributed by atoms with E-state index in [0.717, 1.165) is 4.31 Å². The van der Waals surface area contributed by atoms with Crippen molar-refractivity contribution in [3.63, 3.8) is 0 Å². The summed E-state index contributed by atoms with van der Waals surface area (Å²) in [5.41, 5.74) is -0.194. The summed E-state index contributed by atoms with van der Waals surface area (Å²) in [5, 5.41) is 2.77. The highest BCUT2D eigenvalue weighted by Gasteiger charge is 2.26. The van der Waals surface area contributed by atoms with E-state index in [-0.39, 0.29) is 27.8 Å². The molecule has 2 N–H and O–H groups in total. The molecule has 0 atom stereocenters. The van der Waals surface area contributed by atoms with Gasteiger partial charge in [0.2, 0.25) is 27.8 Å². The number of sulfonamides is 1. The van der Waals surface area contributed by atoms with Crippen LogP contribution in [0, 0.1) is 8.99 Å². The number of aromatic amines is 1. The van der Waals surface area contributed by atoms with Crippen molar-refractivity contribution in [2.45, 2.75) is 32.6 Å². The van der Waals surface area contributed by atoms with Gasteiger partial charge in [-0.15, -0.1) is 0 Å². The molecule has 3 rings (SSSR count). The SMILES string of the molecule is CC(=O)n1c(-c2ccc(S(=O)(=O)N(C)C)cc2)c(I)c2c(=O)[nH]c(NC(=O)C(C)(C)C)nc21.